The largest absolute Gasteiger partial charge is 0.372 e. The smallest absolute Gasteiger partial charge is 0.109 e. The Bertz CT molecular complexity index is 626. The Morgan fingerprint density at radius 1 is 0.750 bits per heavy atom. The van der Waals surface area contributed by atoms with Crippen LogP contribution in [-0.2, 0) is 45.4 Å². The SMILES string of the molecule is C#CCOCC#CCOCC#C.c1cc2c(c3c1COC3)COC2. The second kappa shape index (κ2) is 10.5. The summed E-state index contributed by atoms with van der Waals surface area (Å²) in [7, 11) is 0. The van der Waals surface area contributed by atoms with Crippen molar-refractivity contribution < 1.29 is 18.9 Å². The summed E-state index contributed by atoms with van der Waals surface area (Å²) in [5.74, 6) is 10.1. The molecule has 124 valence electrons. The van der Waals surface area contributed by atoms with Crippen molar-refractivity contribution in [3.05, 3.63) is 34.4 Å². The summed E-state index contributed by atoms with van der Waals surface area (Å²) in [5, 5.41) is 0. The van der Waals surface area contributed by atoms with Crippen molar-refractivity contribution in [2.75, 3.05) is 26.4 Å². The highest BCUT2D eigenvalue weighted by molar-refractivity contribution is 5.42. The van der Waals surface area contributed by atoms with E-state index in [1.54, 1.807) is 0 Å². The molecule has 0 N–H and O–H groups in total. The topological polar surface area (TPSA) is 36.9 Å². The molecule has 0 aromatic heterocycles. The predicted octanol–water partition coefficient (Wildman–Crippen LogP) is 2.04. The van der Waals surface area contributed by atoms with Crippen LogP contribution in [0.15, 0.2) is 12.1 Å². The van der Waals surface area contributed by atoms with E-state index in [1.807, 2.05) is 0 Å². The first-order chi connectivity index (χ1) is 11.9. The number of ether oxygens (including phenoxy) is 4. The van der Waals surface area contributed by atoms with Crippen LogP contribution in [0.25, 0.3) is 0 Å². The highest BCUT2D eigenvalue weighted by atomic mass is 16.5. The van der Waals surface area contributed by atoms with E-state index in [9.17, 15) is 0 Å². The minimum atomic E-state index is 0.292. The quantitative estimate of drug-likeness (QED) is 0.627. The Labute approximate surface area is 143 Å². The van der Waals surface area contributed by atoms with Gasteiger partial charge in [-0.05, 0) is 22.3 Å². The molecule has 0 spiro atoms. The van der Waals surface area contributed by atoms with Crippen LogP contribution in [0.3, 0.4) is 0 Å². The maximum absolute atomic E-state index is 5.38. The number of terminal acetylenes is 2. The molecule has 3 rings (SSSR count). The highest BCUT2D eigenvalue weighted by Gasteiger charge is 2.21. The third-order valence-corrected chi connectivity index (χ3v) is 3.48. The fourth-order valence-corrected chi connectivity index (χ4v) is 2.37. The molecule has 2 aliphatic rings. The van der Waals surface area contributed by atoms with Crippen LogP contribution in [0, 0.1) is 36.5 Å². The summed E-state index contributed by atoms with van der Waals surface area (Å²) >= 11 is 0. The van der Waals surface area contributed by atoms with Gasteiger partial charge in [-0.25, -0.2) is 0 Å². The van der Waals surface area contributed by atoms with E-state index in [-0.39, 0.29) is 0 Å². The van der Waals surface area contributed by atoms with Crippen molar-refractivity contribution in [3.63, 3.8) is 0 Å². The molecule has 0 bridgehead atoms. The van der Waals surface area contributed by atoms with Gasteiger partial charge in [0, 0.05) is 0 Å². The summed E-state index contributed by atoms with van der Waals surface area (Å²) in [6, 6.07) is 4.33. The van der Waals surface area contributed by atoms with E-state index in [0.29, 0.717) is 26.4 Å². The first-order valence-corrected chi connectivity index (χ1v) is 7.63. The minimum absolute atomic E-state index is 0.292. The lowest BCUT2D eigenvalue weighted by Crippen LogP contribution is -1.93. The van der Waals surface area contributed by atoms with Crippen LogP contribution in [-0.4, -0.2) is 26.4 Å². The van der Waals surface area contributed by atoms with Gasteiger partial charge in [-0.3, -0.25) is 0 Å². The Morgan fingerprint density at radius 3 is 1.62 bits per heavy atom. The van der Waals surface area contributed by atoms with Gasteiger partial charge in [-0.1, -0.05) is 35.8 Å². The van der Waals surface area contributed by atoms with Crippen molar-refractivity contribution >= 4 is 0 Å². The molecular weight excluding hydrogens is 304 g/mol. The van der Waals surface area contributed by atoms with E-state index in [1.165, 1.54) is 22.3 Å². The van der Waals surface area contributed by atoms with Crippen molar-refractivity contribution in [1.82, 2.24) is 0 Å². The molecule has 0 aliphatic carbocycles. The Morgan fingerprint density at radius 2 is 1.21 bits per heavy atom. The lowest BCUT2D eigenvalue weighted by Gasteiger charge is -2.02. The van der Waals surface area contributed by atoms with Gasteiger partial charge < -0.3 is 18.9 Å². The third kappa shape index (κ3) is 5.43. The molecule has 4 heteroatoms. The monoisotopic (exact) mass is 324 g/mol. The molecular formula is C20H20O4. The molecule has 1 aromatic rings. The van der Waals surface area contributed by atoms with Crippen LogP contribution < -0.4 is 0 Å². The van der Waals surface area contributed by atoms with Gasteiger partial charge in [-0.15, -0.1) is 12.8 Å². The summed E-state index contributed by atoms with van der Waals surface area (Å²) in [5.41, 5.74) is 5.45. The normalized spacial score (nSPS) is 13.4. The van der Waals surface area contributed by atoms with E-state index in [4.69, 9.17) is 31.8 Å². The second-order valence-electron chi connectivity index (χ2n) is 5.07. The molecule has 0 amide bonds. The lowest BCUT2D eigenvalue weighted by molar-refractivity contribution is 0.126. The van der Waals surface area contributed by atoms with Crippen molar-refractivity contribution in [2.24, 2.45) is 0 Å². The fourth-order valence-electron chi connectivity index (χ4n) is 2.37. The van der Waals surface area contributed by atoms with Gasteiger partial charge in [0.15, 0.2) is 0 Å². The summed E-state index contributed by atoms with van der Waals surface area (Å²) in [6.07, 6.45) is 9.88. The Hall–Kier alpha value is -2.26. The first kappa shape index (κ1) is 18.1. The average Bonchev–Trinajstić information content (AvgIpc) is 3.25. The number of rotatable bonds is 4. The van der Waals surface area contributed by atoms with Crippen LogP contribution in [0.4, 0.5) is 0 Å². The van der Waals surface area contributed by atoms with Crippen molar-refractivity contribution in [3.8, 4) is 36.5 Å². The number of hydrogen-bond acceptors (Lipinski definition) is 4. The Balaban J connectivity index is 0.000000174. The highest BCUT2D eigenvalue weighted by Crippen LogP contribution is 2.30. The predicted molar refractivity (Wildman–Crippen MR) is 90.5 cm³/mol. The summed E-state index contributed by atoms with van der Waals surface area (Å²) < 4.78 is 20.5. The van der Waals surface area contributed by atoms with Gasteiger partial charge in [0.25, 0.3) is 0 Å². The van der Waals surface area contributed by atoms with Gasteiger partial charge in [0.1, 0.15) is 26.4 Å². The van der Waals surface area contributed by atoms with Gasteiger partial charge >= 0.3 is 0 Å². The zero-order valence-corrected chi connectivity index (χ0v) is 13.6. The van der Waals surface area contributed by atoms with Crippen LogP contribution >= 0.6 is 0 Å². The van der Waals surface area contributed by atoms with Gasteiger partial charge in [-0.2, -0.15) is 0 Å². The number of hydrogen-bond donors (Lipinski definition) is 0. The average molecular weight is 324 g/mol. The number of fused-ring (bicyclic) bond motifs is 3. The van der Waals surface area contributed by atoms with E-state index < -0.39 is 0 Å². The molecule has 0 saturated carbocycles. The summed E-state index contributed by atoms with van der Waals surface area (Å²) in [6.45, 7) is 4.38. The molecule has 4 nitrogen and oxygen atoms in total. The van der Waals surface area contributed by atoms with Crippen LogP contribution in [0.5, 0.6) is 0 Å². The van der Waals surface area contributed by atoms with Crippen molar-refractivity contribution in [1.29, 1.82) is 0 Å². The first-order valence-electron chi connectivity index (χ1n) is 7.63. The number of benzene rings is 1. The molecule has 0 atom stereocenters. The maximum atomic E-state index is 5.38. The van der Waals surface area contributed by atoms with Gasteiger partial charge in [0.2, 0.25) is 0 Å². The molecule has 1 aromatic carbocycles. The lowest BCUT2D eigenvalue weighted by atomic mass is 10.0. The maximum Gasteiger partial charge on any atom is 0.109 e. The van der Waals surface area contributed by atoms with E-state index in [0.717, 1.165) is 26.4 Å². The summed E-state index contributed by atoms with van der Waals surface area (Å²) in [4.78, 5) is 0. The van der Waals surface area contributed by atoms with Crippen LogP contribution in [0.1, 0.15) is 22.3 Å². The zero-order chi connectivity index (χ0) is 17.0. The fraction of sp³-hybridized carbons (Fsp3) is 0.400. The molecule has 2 heterocycles. The second-order valence-corrected chi connectivity index (χ2v) is 5.07. The van der Waals surface area contributed by atoms with Crippen molar-refractivity contribution in [2.45, 2.75) is 26.4 Å². The third-order valence-electron chi connectivity index (χ3n) is 3.48. The van der Waals surface area contributed by atoms with Crippen LogP contribution in [0.2, 0.25) is 0 Å². The van der Waals surface area contributed by atoms with E-state index >= 15 is 0 Å². The molecule has 0 radical (unpaired) electrons. The Kier molecular flexibility index (Phi) is 7.91. The molecule has 0 fully saturated rings. The van der Waals surface area contributed by atoms with E-state index in [2.05, 4.69) is 35.8 Å². The molecule has 24 heavy (non-hydrogen) atoms. The van der Waals surface area contributed by atoms with Gasteiger partial charge in [0.05, 0.1) is 26.4 Å². The molecule has 0 unspecified atom stereocenters. The standard InChI is InChI=1S/2C10H10O2/c1-2-8-4-12-6-10(8)9-5-11-3-7(1)9;1-3-7-11-9-5-6-10-12-8-4-2/h1-2H,3-6H2;1-2H,7-10H2. The molecule has 2 aliphatic heterocycles. The minimum Gasteiger partial charge on any atom is -0.372 e. The zero-order valence-electron chi connectivity index (χ0n) is 13.6. The molecule has 0 saturated heterocycles.